The molecule has 0 aliphatic carbocycles. The fourth-order valence-corrected chi connectivity index (χ4v) is 1.75. The highest BCUT2D eigenvalue weighted by Crippen LogP contribution is 2.11. The Morgan fingerprint density at radius 3 is 2.10 bits per heavy atom. The average molecular weight is 269 g/mol. The van der Waals surface area contributed by atoms with Crippen LogP contribution >= 0.6 is 0 Å². The van der Waals surface area contributed by atoms with Gasteiger partial charge in [0.1, 0.15) is 0 Å². The zero-order valence-electron chi connectivity index (χ0n) is 11.1. The van der Waals surface area contributed by atoms with Gasteiger partial charge in [0.25, 0.3) is 0 Å². The van der Waals surface area contributed by atoms with Crippen LogP contribution in [0.2, 0.25) is 0 Å². The number of carbonyl (C=O) groups excluding carboxylic acids is 2. The molecule has 1 unspecified atom stereocenters. The lowest BCUT2D eigenvalue weighted by Crippen LogP contribution is -2.29. The molecule has 4 heteroatoms. The molecule has 0 aliphatic rings. The van der Waals surface area contributed by atoms with Crippen molar-refractivity contribution in [1.29, 1.82) is 0 Å². The van der Waals surface area contributed by atoms with E-state index in [4.69, 9.17) is 4.74 Å². The molecule has 0 saturated heterocycles. The number of carbonyl (C=O) groups is 2. The molecule has 20 heavy (non-hydrogen) atoms. The van der Waals surface area contributed by atoms with Crippen molar-refractivity contribution in [1.82, 2.24) is 5.32 Å². The topological polar surface area (TPSA) is 55.4 Å². The first kappa shape index (κ1) is 13.8. The summed E-state index contributed by atoms with van der Waals surface area (Å²) in [5.41, 5.74) is 1.28. The summed E-state index contributed by atoms with van der Waals surface area (Å²) in [5, 5.41) is 2.61. The molecule has 0 aromatic heterocycles. The van der Waals surface area contributed by atoms with Crippen molar-refractivity contribution < 1.29 is 14.3 Å². The maximum absolute atomic E-state index is 11.7. The number of hydrogen-bond acceptors (Lipinski definition) is 3. The molecule has 2 aromatic carbocycles. The molecular weight excluding hydrogens is 254 g/mol. The lowest BCUT2D eigenvalue weighted by atomic mass is 10.1. The van der Waals surface area contributed by atoms with Gasteiger partial charge in [-0.25, -0.2) is 9.59 Å². The number of nitrogens with one attached hydrogen (secondary N) is 1. The molecule has 4 nitrogen and oxygen atoms in total. The Morgan fingerprint density at radius 2 is 1.50 bits per heavy atom. The maximum atomic E-state index is 11.7. The first-order chi connectivity index (χ1) is 9.66. The van der Waals surface area contributed by atoms with E-state index < -0.39 is 12.1 Å². The minimum atomic E-state index is -0.754. The first-order valence-electron chi connectivity index (χ1n) is 6.29. The second kappa shape index (κ2) is 6.52. The second-order valence-corrected chi connectivity index (χ2v) is 4.32. The molecule has 0 aliphatic heterocycles. The Balaban J connectivity index is 1.91. The summed E-state index contributed by atoms with van der Waals surface area (Å²) in [4.78, 5) is 23.3. The van der Waals surface area contributed by atoms with Crippen LogP contribution in [0.5, 0.6) is 0 Å². The number of alkyl carbamates (subject to hydrolysis) is 1. The summed E-state index contributed by atoms with van der Waals surface area (Å²) in [6.07, 6.45) is -0.754. The molecule has 1 atom stereocenters. The van der Waals surface area contributed by atoms with Crippen LogP contribution in [0.25, 0.3) is 0 Å². The van der Waals surface area contributed by atoms with E-state index in [1.807, 2.05) is 37.3 Å². The van der Waals surface area contributed by atoms with E-state index in [2.05, 4.69) is 5.32 Å². The molecular formula is C16H15NO3. The summed E-state index contributed by atoms with van der Waals surface area (Å²) < 4.78 is 4.74. The van der Waals surface area contributed by atoms with Gasteiger partial charge in [0.15, 0.2) is 0 Å². The Kier molecular flexibility index (Phi) is 4.50. The SMILES string of the molecule is CC(NC(=O)OC(=O)c1ccccc1)c1ccccc1. The summed E-state index contributed by atoms with van der Waals surface area (Å²) in [5.74, 6) is -0.664. The molecule has 2 aromatic rings. The van der Waals surface area contributed by atoms with Crippen LogP contribution in [-0.2, 0) is 4.74 Å². The van der Waals surface area contributed by atoms with Gasteiger partial charge in [-0.05, 0) is 24.6 Å². The number of ether oxygens (including phenoxy) is 1. The van der Waals surface area contributed by atoms with E-state index in [0.717, 1.165) is 5.56 Å². The molecule has 0 radical (unpaired) electrons. The molecule has 0 heterocycles. The van der Waals surface area contributed by atoms with Gasteiger partial charge in [0.2, 0.25) is 0 Å². The van der Waals surface area contributed by atoms with Gasteiger partial charge in [0.05, 0.1) is 11.6 Å². The van der Waals surface area contributed by atoms with Gasteiger partial charge >= 0.3 is 12.1 Å². The van der Waals surface area contributed by atoms with Crippen LogP contribution in [0, 0.1) is 0 Å². The van der Waals surface area contributed by atoms with E-state index in [-0.39, 0.29) is 6.04 Å². The summed E-state index contributed by atoms with van der Waals surface area (Å²) in [7, 11) is 0. The summed E-state index contributed by atoms with van der Waals surface area (Å²) in [6.45, 7) is 1.82. The van der Waals surface area contributed by atoms with Gasteiger partial charge in [0, 0.05) is 0 Å². The van der Waals surface area contributed by atoms with Crippen LogP contribution in [0.3, 0.4) is 0 Å². The molecule has 0 spiro atoms. The Labute approximate surface area is 117 Å². The highest BCUT2D eigenvalue weighted by atomic mass is 16.6. The lowest BCUT2D eigenvalue weighted by molar-refractivity contribution is 0.0618. The predicted octanol–water partition coefficient (Wildman–Crippen LogP) is 3.31. The molecule has 0 saturated carbocycles. The Hall–Kier alpha value is -2.62. The lowest BCUT2D eigenvalue weighted by Gasteiger charge is -2.13. The second-order valence-electron chi connectivity index (χ2n) is 4.32. The maximum Gasteiger partial charge on any atom is 0.415 e. The quantitative estimate of drug-likeness (QED) is 0.687. The van der Waals surface area contributed by atoms with E-state index in [1.54, 1.807) is 30.3 Å². The van der Waals surface area contributed by atoms with Gasteiger partial charge in [-0.3, -0.25) is 0 Å². The molecule has 0 fully saturated rings. The van der Waals surface area contributed by atoms with E-state index in [1.165, 1.54) is 0 Å². The number of benzene rings is 2. The molecule has 1 N–H and O–H groups in total. The molecule has 102 valence electrons. The zero-order valence-corrected chi connectivity index (χ0v) is 11.1. The predicted molar refractivity (Wildman–Crippen MR) is 75.2 cm³/mol. The van der Waals surface area contributed by atoms with Crippen LogP contribution in [0.15, 0.2) is 60.7 Å². The van der Waals surface area contributed by atoms with E-state index in [9.17, 15) is 9.59 Å². The van der Waals surface area contributed by atoms with Crippen LogP contribution < -0.4 is 5.32 Å². The fraction of sp³-hybridized carbons (Fsp3) is 0.125. The first-order valence-corrected chi connectivity index (χ1v) is 6.29. The normalized spacial score (nSPS) is 11.4. The number of esters is 1. The van der Waals surface area contributed by atoms with Gasteiger partial charge in [-0.1, -0.05) is 48.5 Å². The van der Waals surface area contributed by atoms with E-state index in [0.29, 0.717) is 5.56 Å². The van der Waals surface area contributed by atoms with Crippen molar-refractivity contribution in [2.45, 2.75) is 13.0 Å². The average Bonchev–Trinajstić information content (AvgIpc) is 2.49. The highest BCUT2D eigenvalue weighted by molar-refractivity contribution is 5.96. The monoisotopic (exact) mass is 269 g/mol. The fourth-order valence-electron chi connectivity index (χ4n) is 1.75. The van der Waals surface area contributed by atoms with Crippen molar-refractivity contribution in [3.63, 3.8) is 0 Å². The number of rotatable bonds is 3. The third-order valence-electron chi connectivity index (χ3n) is 2.83. The minimum absolute atomic E-state index is 0.229. The van der Waals surface area contributed by atoms with Gasteiger partial charge in [-0.2, -0.15) is 0 Å². The minimum Gasteiger partial charge on any atom is -0.373 e. The van der Waals surface area contributed by atoms with Crippen LogP contribution in [0.4, 0.5) is 4.79 Å². The molecule has 0 bridgehead atoms. The number of amides is 1. The standard InChI is InChI=1S/C16H15NO3/c1-12(13-8-4-2-5-9-13)17-16(19)20-15(18)14-10-6-3-7-11-14/h2-12H,1H3,(H,17,19). The summed E-state index contributed by atoms with van der Waals surface area (Å²) in [6, 6.07) is 17.6. The molecule has 1 amide bonds. The van der Waals surface area contributed by atoms with Crippen molar-refractivity contribution >= 4 is 12.1 Å². The third kappa shape index (κ3) is 3.68. The van der Waals surface area contributed by atoms with Crippen molar-refractivity contribution in [2.24, 2.45) is 0 Å². The third-order valence-corrected chi connectivity index (χ3v) is 2.83. The highest BCUT2D eigenvalue weighted by Gasteiger charge is 2.15. The zero-order chi connectivity index (χ0) is 14.4. The van der Waals surface area contributed by atoms with Crippen molar-refractivity contribution in [3.8, 4) is 0 Å². The van der Waals surface area contributed by atoms with Crippen molar-refractivity contribution in [2.75, 3.05) is 0 Å². The summed E-state index contributed by atoms with van der Waals surface area (Å²) >= 11 is 0. The smallest absolute Gasteiger partial charge is 0.373 e. The molecule has 2 rings (SSSR count). The van der Waals surface area contributed by atoms with Crippen LogP contribution in [-0.4, -0.2) is 12.1 Å². The van der Waals surface area contributed by atoms with E-state index >= 15 is 0 Å². The van der Waals surface area contributed by atoms with Gasteiger partial charge in [-0.15, -0.1) is 0 Å². The Bertz CT molecular complexity index is 581. The van der Waals surface area contributed by atoms with Crippen molar-refractivity contribution in [3.05, 3.63) is 71.8 Å². The Morgan fingerprint density at radius 1 is 0.950 bits per heavy atom. The van der Waals surface area contributed by atoms with Gasteiger partial charge < -0.3 is 10.1 Å². The largest absolute Gasteiger partial charge is 0.415 e. The van der Waals surface area contributed by atoms with Crippen LogP contribution in [0.1, 0.15) is 28.9 Å². The number of hydrogen-bond donors (Lipinski definition) is 1.